The molecule has 1 aromatic carbocycles. The fraction of sp³-hybridized carbons (Fsp3) is 0.611. The maximum atomic E-state index is 13.3. The molecular formula is C18H23FO3. The van der Waals surface area contributed by atoms with E-state index in [2.05, 4.69) is 0 Å². The molecule has 120 valence electrons. The van der Waals surface area contributed by atoms with Gasteiger partial charge in [0.25, 0.3) is 0 Å². The zero-order valence-corrected chi connectivity index (χ0v) is 13.0. The average molecular weight is 306 g/mol. The van der Waals surface area contributed by atoms with Crippen molar-refractivity contribution in [3.8, 4) is 0 Å². The van der Waals surface area contributed by atoms with Crippen molar-refractivity contribution in [2.75, 3.05) is 13.7 Å². The minimum absolute atomic E-state index is 0.181. The number of carbonyl (C=O) groups is 1. The Labute approximate surface area is 130 Å². The first-order valence-corrected chi connectivity index (χ1v) is 8.13. The number of esters is 1. The summed E-state index contributed by atoms with van der Waals surface area (Å²) < 4.78 is 24.5. The predicted octanol–water partition coefficient (Wildman–Crippen LogP) is 3.61. The number of ether oxygens (including phenoxy) is 2. The van der Waals surface area contributed by atoms with Crippen molar-refractivity contribution in [3.63, 3.8) is 0 Å². The first-order valence-electron chi connectivity index (χ1n) is 8.13. The number of rotatable bonds is 5. The largest absolute Gasteiger partial charge is 0.468 e. The fourth-order valence-corrected chi connectivity index (χ4v) is 3.51. The zero-order valence-electron chi connectivity index (χ0n) is 13.0. The van der Waals surface area contributed by atoms with Gasteiger partial charge < -0.3 is 9.47 Å². The van der Waals surface area contributed by atoms with E-state index in [4.69, 9.17) is 9.47 Å². The molecule has 22 heavy (non-hydrogen) atoms. The molecule has 2 fully saturated rings. The molecule has 0 bridgehead atoms. The van der Waals surface area contributed by atoms with Crippen molar-refractivity contribution in [2.45, 2.75) is 50.0 Å². The maximum Gasteiger partial charge on any atom is 0.318 e. The van der Waals surface area contributed by atoms with E-state index in [1.807, 2.05) is 0 Å². The van der Waals surface area contributed by atoms with Crippen molar-refractivity contribution in [1.29, 1.82) is 0 Å². The molecule has 0 aromatic heterocycles. The Morgan fingerprint density at radius 3 is 2.59 bits per heavy atom. The van der Waals surface area contributed by atoms with Crippen molar-refractivity contribution in [1.82, 2.24) is 0 Å². The van der Waals surface area contributed by atoms with Gasteiger partial charge in [-0.3, -0.25) is 4.79 Å². The number of benzene rings is 1. The first-order chi connectivity index (χ1) is 10.7. The van der Waals surface area contributed by atoms with Crippen LogP contribution in [0.4, 0.5) is 4.39 Å². The van der Waals surface area contributed by atoms with E-state index in [1.54, 1.807) is 12.1 Å². The van der Waals surface area contributed by atoms with Gasteiger partial charge in [-0.15, -0.1) is 0 Å². The van der Waals surface area contributed by atoms with E-state index in [-0.39, 0.29) is 17.9 Å². The Balaban J connectivity index is 1.93. The number of hydrogen-bond donors (Lipinski definition) is 0. The molecule has 3 nitrogen and oxygen atoms in total. The highest BCUT2D eigenvalue weighted by Gasteiger charge is 2.50. The van der Waals surface area contributed by atoms with Crippen LogP contribution in [0.25, 0.3) is 0 Å². The second kappa shape index (κ2) is 6.37. The number of hydrogen-bond acceptors (Lipinski definition) is 3. The van der Waals surface area contributed by atoms with Gasteiger partial charge in [0.2, 0.25) is 0 Å². The Kier molecular flexibility index (Phi) is 4.48. The Morgan fingerprint density at radius 2 is 1.95 bits per heavy atom. The molecule has 2 unspecified atom stereocenters. The van der Waals surface area contributed by atoms with E-state index in [9.17, 15) is 9.18 Å². The lowest BCUT2D eigenvalue weighted by Gasteiger charge is -2.41. The summed E-state index contributed by atoms with van der Waals surface area (Å²) in [5.41, 5.74) is 0.0107. The van der Waals surface area contributed by atoms with Crippen LogP contribution in [0.1, 0.15) is 44.1 Å². The smallest absolute Gasteiger partial charge is 0.318 e. The van der Waals surface area contributed by atoms with E-state index < -0.39 is 5.41 Å². The van der Waals surface area contributed by atoms with Crippen molar-refractivity contribution >= 4 is 5.97 Å². The third kappa shape index (κ3) is 2.89. The number of halogens is 1. The van der Waals surface area contributed by atoms with Crippen LogP contribution in [-0.4, -0.2) is 25.8 Å². The van der Waals surface area contributed by atoms with Gasteiger partial charge in [-0.2, -0.15) is 0 Å². The SMILES string of the molecule is COC(=O)C1(c2ccc(F)cc2)CCCCC1OCC1CC1. The van der Waals surface area contributed by atoms with Crippen LogP contribution in [0.5, 0.6) is 0 Å². The van der Waals surface area contributed by atoms with Crippen molar-refractivity contribution in [2.24, 2.45) is 5.92 Å². The standard InChI is InChI=1S/C18H23FO3/c1-21-17(20)18(14-7-9-15(19)10-8-14)11-3-2-4-16(18)22-12-13-5-6-13/h7-10,13,16H,2-6,11-12H2,1H3. The lowest BCUT2D eigenvalue weighted by molar-refractivity contribution is -0.158. The fourth-order valence-electron chi connectivity index (χ4n) is 3.51. The summed E-state index contributed by atoms with van der Waals surface area (Å²) in [6, 6.07) is 6.22. The Morgan fingerprint density at radius 1 is 1.23 bits per heavy atom. The third-order valence-electron chi connectivity index (χ3n) is 4.98. The van der Waals surface area contributed by atoms with Crippen LogP contribution in [0.3, 0.4) is 0 Å². The molecule has 0 radical (unpaired) electrons. The molecule has 3 rings (SSSR count). The molecule has 0 heterocycles. The van der Waals surface area contributed by atoms with Crippen LogP contribution in [0, 0.1) is 11.7 Å². The maximum absolute atomic E-state index is 13.3. The zero-order chi connectivity index (χ0) is 15.6. The highest BCUT2D eigenvalue weighted by molar-refractivity contribution is 5.84. The van der Waals surface area contributed by atoms with Crippen LogP contribution in [0.15, 0.2) is 24.3 Å². The molecule has 0 saturated heterocycles. The molecule has 2 atom stereocenters. The summed E-state index contributed by atoms with van der Waals surface area (Å²) in [5.74, 6) is 0.0834. The Bertz CT molecular complexity index is 524. The minimum atomic E-state index is -0.796. The predicted molar refractivity (Wildman–Crippen MR) is 81.0 cm³/mol. The molecule has 0 amide bonds. The van der Waals surface area contributed by atoms with Gasteiger partial charge in [-0.1, -0.05) is 25.0 Å². The monoisotopic (exact) mass is 306 g/mol. The quantitative estimate of drug-likeness (QED) is 0.780. The van der Waals surface area contributed by atoms with Crippen LogP contribution in [0.2, 0.25) is 0 Å². The normalized spacial score (nSPS) is 28.4. The summed E-state index contributed by atoms with van der Waals surface area (Å²) in [4.78, 5) is 12.6. The van der Waals surface area contributed by atoms with Crippen molar-refractivity contribution in [3.05, 3.63) is 35.6 Å². The van der Waals surface area contributed by atoms with E-state index in [0.717, 1.165) is 24.8 Å². The van der Waals surface area contributed by atoms with Gasteiger partial charge in [0.15, 0.2) is 0 Å². The number of methoxy groups -OCH3 is 1. The number of carbonyl (C=O) groups excluding carboxylic acids is 1. The minimum Gasteiger partial charge on any atom is -0.468 e. The average Bonchev–Trinajstić information content (AvgIpc) is 3.37. The lowest BCUT2D eigenvalue weighted by Crippen LogP contribution is -2.51. The molecule has 2 aliphatic carbocycles. The topological polar surface area (TPSA) is 35.5 Å². The highest BCUT2D eigenvalue weighted by Crippen LogP contribution is 2.43. The second-order valence-corrected chi connectivity index (χ2v) is 6.48. The van der Waals surface area contributed by atoms with Crippen LogP contribution >= 0.6 is 0 Å². The molecule has 0 aliphatic heterocycles. The van der Waals surface area contributed by atoms with Gasteiger partial charge in [0.05, 0.1) is 13.2 Å². The summed E-state index contributed by atoms with van der Waals surface area (Å²) in [6.45, 7) is 0.713. The summed E-state index contributed by atoms with van der Waals surface area (Å²) in [7, 11) is 1.42. The summed E-state index contributed by atoms with van der Waals surface area (Å²) in [6.07, 6.45) is 5.80. The lowest BCUT2D eigenvalue weighted by atomic mass is 9.67. The first kappa shape index (κ1) is 15.5. The van der Waals surface area contributed by atoms with E-state index in [1.165, 1.54) is 32.1 Å². The molecular weight excluding hydrogens is 283 g/mol. The molecule has 0 spiro atoms. The van der Waals surface area contributed by atoms with Crippen LogP contribution < -0.4 is 0 Å². The van der Waals surface area contributed by atoms with E-state index >= 15 is 0 Å². The molecule has 0 N–H and O–H groups in total. The Hall–Kier alpha value is -1.42. The summed E-state index contributed by atoms with van der Waals surface area (Å²) >= 11 is 0. The second-order valence-electron chi connectivity index (χ2n) is 6.48. The molecule has 1 aromatic rings. The highest BCUT2D eigenvalue weighted by atomic mass is 19.1. The van der Waals surface area contributed by atoms with Gasteiger partial charge in [0.1, 0.15) is 11.2 Å². The molecule has 4 heteroatoms. The third-order valence-corrected chi connectivity index (χ3v) is 4.98. The van der Waals surface area contributed by atoms with Gasteiger partial charge in [0, 0.05) is 6.61 Å². The molecule has 2 aliphatic rings. The van der Waals surface area contributed by atoms with Gasteiger partial charge in [-0.05, 0) is 49.3 Å². The van der Waals surface area contributed by atoms with Gasteiger partial charge >= 0.3 is 5.97 Å². The van der Waals surface area contributed by atoms with E-state index in [0.29, 0.717) is 18.9 Å². The van der Waals surface area contributed by atoms with Crippen molar-refractivity contribution < 1.29 is 18.7 Å². The van der Waals surface area contributed by atoms with Gasteiger partial charge in [-0.25, -0.2) is 4.39 Å². The van der Waals surface area contributed by atoms with Crippen LogP contribution in [-0.2, 0) is 19.7 Å². The molecule has 2 saturated carbocycles. The summed E-state index contributed by atoms with van der Waals surface area (Å²) in [5, 5.41) is 0.